The minimum Gasteiger partial charge on any atom is -0.496 e. The molecule has 1 aliphatic rings. The number of aromatic nitrogens is 2. The number of ether oxygens (including phenoxy) is 1. The van der Waals surface area contributed by atoms with E-state index in [0.717, 1.165) is 39.6 Å². The van der Waals surface area contributed by atoms with Gasteiger partial charge in [0.1, 0.15) is 11.6 Å². The Hall–Kier alpha value is -2.73. The van der Waals surface area contributed by atoms with E-state index >= 15 is 0 Å². The summed E-state index contributed by atoms with van der Waals surface area (Å²) in [7, 11) is 1.67. The number of rotatable bonds is 3. The average Bonchev–Trinajstić information content (AvgIpc) is 2.88. The Balaban J connectivity index is 1.92. The van der Waals surface area contributed by atoms with E-state index in [1.165, 1.54) is 0 Å². The average molecular weight is 379 g/mol. The highest BCUT2D eigenvalue weighted by Gasteiger charge is 2.32. The Kier molecular flexibility index (Phi) is 4.66. The molecule has 2 aromatic carbocycles. The molecule has 1 atom stereocenters. The molecule has 1 N–H and O–H groups in total. The third-order valence-electron chi connectivity index (χ3n) is 4.68. The van der Waals surface area contributed by atoms with Gasteiger partial charge in [0.15, 0.2) is 0 Å². The molecule has 0 unspecified atom stereocenters. The molecule has 3 aromatic rings. The predicted octanol–water partition coefficient (Wildman–Crippen LogP) is 4.27. The van der Waals surface area contributed by atoms with Crippen LogP contribution in [-0.2, 0) is 4.79 Å². The first-order valence-corrected chi connectivity index (χ1v) is 9.84. The largest absolute Gasteiger partial charge is 0.496 e. The van der Waals surface area contributed by atoms with E-state index < -0.39 is 0 Å². The molecule has 1 amide bonds. The summed E-state index contributed by atoms with van der Waals surface area (Å²) in [6.45, 7) is 4.04. The Morgan fingerprint density at radius 1 is 1.19 bits per heavy atom. The second-order valence-electron chi connectivity index (χ2n) is 6.58. The number of fused-ring (bicyclic) bond motifs is 1. The number of methoxy groups -OCH3 is 1. The van der Waals surface area contributed by atoms with Crippen molar-refractivity contribution >= 4 is 23.5 Å². The van der Waals surface area contributed by atoms with Crippen LogP contribution in [0.1, 0.15) is 27.6 Å². The number of hydrogen-bond donors (Lipinski definition) is 1. The Morgan fingerprint density at radius 3 is 2.78 bits per heavy atom. The van der Waals surface area contributed by atoms with Crippen LogP contribution in [0.15, 0.2) is 48.5 Å². The lowest BCUT2D eigenvalue weighted by Crippen LogP contribution is -2.15. The van der Waals surface area contributed by atoms with Gasteiger partial charge in [-0.1, -0.05) is 30.3 Å². The molecule has 27 heavy (non-hydrogen) atoms. The lowest BCUT2D eigenvalue weighted by atomic mass is 10.0. The van der Waals surface area contributed by atoms with E-state index in [-0.39, 0.29) is 11.2 Å². The summed E-state index contributed by atoms with van der Waals surface area (Å²) in [5.74, 6) is 1.92. The normalized spacial score (nSPS) is 16.4. The van der Waals surface area contributed by atoms with Crippen LogP contribution < -0.4 is 10.1 Å². The number of aryl methyl sites for hydroxylation is 2. The summed E-state index contributed by atoms with van der Waals surface area (Å²) < 4.78 is 7.42. The summed E-state index contributed by atoms with van der Waals surface area (Å²) in [6, 6.07) is 16.1. The third kappa shape index (κ3) is 3.21. The molecule has 1 aliphatic heterocycles. The number of nitrogens with one attached hydrogen (secondary N) is 1. The van der Waals surface area contributed by atoms with Gasteiger partial charge in [0.25, 0.3) is 0 Å². The molecule has 1 aromatic heterocycles. The quantitative estimate of drug-likeness (QED) is 0.738. The number of carbonyl (C=O) groups is 1. The van der Waals surface area contributed by atoms with Crippen molar-refractivity contribution in [3.8, 4) is 11.4 Å². The van der Waals surface area contributed by atoms with Gasteiger partial charge in [0, 0.05) is 11.1 Å². The van der Waals surface area contributed by atoms with E-state index in [1.54, 1.807) is 18.9 Å². The van der Waals surface area contributed by atoms with Crippen molar-refractivity contribution in [2.45, 2.75) is 19.1 Å². The van der Waals surface area contributed by atoms with E-state index in [9.17, 15) is 4.79 Å². The lowest BCUT2D eigenvalue weighted by molar-refractivity contribution is -0.113. The Labute approximate surface area is 162 Å². The molecule has 0 radical (unpaired) electrons. The van der Waals surface area contributed by atoms with Gasteiger partial charge >= 0.3 is 0 Å². The van der Waals surface area contributed by atoms with Crippen LogP contribution in [0.5, 0.6) is 5.75 Å². The summed E-state index contributed by atoms with van der Waals surface area (Å²) in [6.07, 6.45) is 0. The van der Waals surface area contributed by atoms with Crippen LogP contribution in [-0.4, -0.2) is 28.6 Å². The second kappa shape index (κ2) is 7.12. The summed E-state index contributed by atoms with van der Waals surface area (Å²) in [5.41, 5.74) is 5.05. The highest BCUT2D eigenvalue weighted by atomic mass is 32.2. The second-order valence-corrected chi connectivity index (χ2v) is 7.67. The summed E-state index contributed by atoms with van der Waals surface area (Å²) in [5, 5.41) is 7.79. The maximum Gasteiger partial charge on any atom is 0.235 e. The van der Waals surface area contributed by atoms with Gasteiger partial charge < -0.3 is 10.1 Å². The molecule has 2 heterocycles. The minimum atomic E-state index is -0.0336. The minimum absolute atomic E-state index is 0.0209. The van der Waals surface area contributed by atoms with E-state index in [4.69, 9.17) is 9.84 Å². The fraction of sp³-hybridized carbons (Fsp3) is 0.238. The highest BCUT2D eigenvalue weighted by Crippen LogP contribution is 2.46. The molecule has 0 saturated carbocycles. The van der Waals surface area contributed by atoms with Crippen LogP contribution in [0, 0.1) is 13.8 Å². The monoisotopic (exact) mass is 379 g/mol. The van der Waals surface area contributed by atoms with Crippen LogP contribution in [0.25, 0.3) is 5.69 Å². The van der Waals surface area contributed by atoms with Crippen molar-refractivity contribution in [1.82, 2.24) is 9.78 Å². The number of nitrogens with zero attached hydrogens (tertiary/aromatic N) is 2. The van der Waals surface area contributed by atoms with Gasteiger partial charge in [0.05, 0.1) is 29.5 Å². The third-order valence-corrected chi connectivity index (χ3v) is 5.93. The van der Waals surface area contributed by atoms with Gasteiger partial charge in [-0.2, -0.15) is 5.10 Å². The summed E-state index contributed by atoms with van der Waals surface area (Å²) in [4.78, 5) is 12.4. The molecule has 0 aliphatic carbocycles. The zero-order valence-corrected chi connectivity index (χ0v) is 16.3. The molecule has 6 heteroatoms. The first kappa shape index (κ1) is 17.7. The zero-order chi connectivity index (χ0) is 19.0. The number of amides is 1. The SMILES string of the molecule is COc1ccccc1[C@H]1SCC(=O)Nc2c1c(C)nn2-c1cccc(C)c1. The standard InChI is InChI=1S/C21H21N3O2S/c1-13-7-6-8-15(11-13)24-21-19(14(2)23-24)20(27-12-18(25)22-21)16-9-4-5-10-17(16)26-3/h4-11,20H,12H2,1-3H3,(H,22,25)/t20-/m1/s1. The smallest absolute Gasteiger partial charge is 0.235 e. The van der Waals surface area contributed by atoms with Crippen LogP contribution in [0.2, 0.25) is 0 Å². The van der Waals surface area contributed by atoms with Crippen LogP contribution >= 0.6 is 11.8 Å². The fourth-order valence-electron chi connectivity index (χ4n) is 3.46. The van der Waals surface area contributed by atoms with Crippen molar-refractivity contribution in [3.05, 3.63) is 70.9 Å². The van der Waals surface area contributed by atoms with Gasteiger partial charge in [-0.05, 0) is 37.6 Å². The number of benzene rings is 2. The number of thioether (sulfide) groups is 1. The number of para-hydroxylation sites is 1. The summed E-state index contributed by atoms with van der Waals surface area (Å²) >= 11 is 1.60. The molecule has 0 spiro atoms. The van der Waals surface area contributed by atoms with E-state index in [1.807, 2.05) is 54.9 Å². The maximum absolute atomic E-state index is 12.4. The van der Waals surface area contributed by atoms with Crippen molar-refractivity contribution in [2.75, 3.05) is 18.2 Å². The topological polar surface area (TPSA) is 56.1 Å². The first-order chi connectivity index (χ1) is 13.1. The highest BCUT2D eigenvalue weighted by molar-refractivity contribution is 8.00. The Bertz CT molecular complexity index is 1010. The van der Waals surface area contributed by atoms with Gasteiger partial charge in [-0.25, -0.2) is 4.68 Å². The lowest BCUT2D eigenvalue weighted by Gasteiger charge is -2.18. The van der Waals surface area contributed by atoms with Gasteiger partial charge in [-0.3, -0.25) is 4.79 Å². The molecule has 0 saturated heterocycles. The number of hydrogen-bond acceptors (Lipinski definition) is 4. The van der Waals surface area contributed by atoms with E-state index in [0.29, 0.717) is 5.75 Å². The first-order valence-electron chi connectivity index (χ1n) is 8.79. The maximum atomic E-state index is 12.4. The molecule has 138 valence electrons. The molecular weight excluding hydrogens is 358 g/mol. The van der Waals surface area contributed by atoms with Crippen LogP contribution in [0.3, 0.4) is 0 Å². The van der Waals surface area contributed by atoms with Crippen molar-refractivity contribution < 1.29 is 9.53 Å². The fourth-order valence-corrected chi connectivity index (χ4v) is 4.67. The molecule has 5 nitrogen and oxygen atoms in total. The van der Waals surface area contributed by atoms with Crippen molar-refractivity contribution in [3.63, 3.8) is 0 Å². The van der Waals surface area contributed by atoms with Crippen LogP contribution in [0.4, 0.5) is 5.82 Å². The van der Waals surface area contributed by atoms with Crippen molar-refractivity contribution in [1.29, 1.82) is 0 Å². The number of carbonyl (C=O) groups excluding carboxylic acids is 1. The van der Waals surface area contributed by atoms with Gasteiger partial charge in [0.2, 0.25) is 5.91 Å². The van der Waals surface area contributed by atoms with Gasteiger partial charge in [-0.15, -0.1) is 11.8 Å². The number of anilines is 1. The Morgan fingerprint density at radius 2 is 2.00 bits per heavy atom. The molecule has 4 rings (SSSR count). The van der Waals surface area contributed by atoms with E-state index in [2.05, 4.69) is 17.4 Å². The molecule has 0 bridgehead atoms. The predicted molar refractivity (Wildman–Crippen MR) is 109 cm³/mol. The molecular formula is C21H21N3O2S. The van der Waals surface area contributed by atoms with Crippen molar-refractivity contribution in [2.24, 2.45) is 0 Å². The molecule has 0 fully saturated rings. The zero-order valence-electron chi connectivity index (χ0n) is 15.5.